The molecule has 1 amide bonds. The van der Waals surface area contributed by atoms with E-state index in [1.165, 1.54) is 7.11 Å². The number of aromatic amines is 1. The number of nitrogens with one attached hydrogen (secondary N) is 2. The number of likely N-dealkylation sites (N-methyl/N-ethyl adjacent to an activating group) is 1. The lowest BCUT2D eigenvalue weighted by Gasteiger charge is -2.32. The number of imidazole rings is 1. The molecule has 0 spiro atoms. The molecule has 40 heavy (non-hydrogen) atoms. The molecule has 0 aliphatic rings. The van der Waals surface area contributed by atoms with Crippen LogP contribution in [0.5, 0.6) is 0 Å². The lowest BCUT2D eigenvalue weighted by molar-refractivity contribution is -0.149. The summed E-state index contributed by atoms with van der Waals surface area (Å²) < 4.78 is 7.13. The van der Waals surface area contributed by atoms with E-state index in [1.807, 2.05) is 53.1 Å². The van der Waals surface area contributed by atoms with Crippen LogP contribution >= 0.6 is 11.6 Å². The second kappa shape index (κ2) is 12.8. The SMILES string of the molecule is CCCCc1nc(Cl)c([C@](CCC(N)=O)(NC)C(=O)OC)n1Cc1ccc(-c2ccccc2-c2nn[nH]n2)cc1. The van der Waals surface area contributed by atoms with Gasteiger partial charge in [0.15, 0.2) is 10.7 Å². The zero-order valence-corrected chi connectivity index (χ0v) is 23.5. The Morgan fingerprint density at radius 3 is 2.48 bits per heavy atom. The largest absolute Gasteiger partial charge is 0.467 e. The summed E-state index contributed by atoms with van der Waals surface area (Å²) in [5.41, 5.74) is 8.28. The number of nitrogens with zero attached hydrogens (tertiary/aromatic N) is 5. The van der Waals surface area contributed by atoms with Crippen molar-refractivity contribution in [3.63, 3.8) is 0 Å². The average molecular weight is 565 g/mol. The van der Waals surface area contributed by atoms with Crippen LogP contribution < -0.4 is 11.1 Å². The van der Waals surface area contributed by atoms with E-state index in [0.29, 0.717) is 24.5 Å². The number of tetrazole rings is 1. The minimum Gasteiger partial charge on any atom is -0.467 e. The number of aryl methyl sites for hydroxylation is 1. The van der Waals surface area contributed by atoms with Crippen molar-refractivity contribution < 1.29 is 14.3 Å². The van der Waals surface area contributed by atoms with Crippen molar-refractivity contribution in [1.82, 2.24) is 35.5 Å². The highest BCUT2D eigenvalue weighted by Crippen LogP contribution is 2.36. The number of aromatic nitrogens is 6. The van der Waals surface area contributed by atoms with E-state index in [0.717, 1.165) is 40.9 Å². The van der Waals surface area contributed by atoms with Crippen LogP contribution in [0.25, 0.3) is 22.5 Å². The van der Waals surface area contributed by atoms with Crippen molar-refractivity contribution in [3.8, 4) is 22.5 Å². The average Bonchev–Trinajstić information content (AvgIpc) is 3.61. The topological polar surface area (TPSA) is 154 Å². The highest BCUT2D eigenvalue weighted by Gasteiger charge is 2.45. The first kappa shape index (κ1) is 28.9. The number of ether oxygens (including phenoxy) is 1. The Bertz CT molecular complexity index is 1450. The number of methoxy groups -OCH3 is 1. The molecule has 2 aromatic carbocycles. The third kappa shape index (κ3) is 5.90. The Balaban J connectivity index is 1.76. The zero-order valence-electron chi connectivity index (χ0n) is 22.8. The first-order valence-corrected chi connectivity index (χ1v) is 13.5. The minimum absolute atomic E-state index is 0.0454. The van der Waals surface area contributed by atoms with E-state index >= 15 is 0 Å². The standard InChI is InChI=1S/C28H33ClN8O3/c1-4-5-10-23-32-25(29)24(28(31-2,27(39)40-3)16-15-22(30)38)37(23)17-18-11-13-19(14-12-18)20-8-6-7-9-21(20)26-33-35-36-34-26/h6-9,11-14,31H,4-5,10,15-17H2,1-3H3,(H2,30,38)(H,33,34,35,36)/t28-/m0/s1. The van der Waals surface area contributed by atoms with Gasteiger partial charge in [-0.25, -0.2) is 9.78 Å². The van der Waals surface area contributed by atoms with Gasteiger partial charge >= 0.3 is 5.97 Å². The van der Waals surface area contributed by atoms with E-state index in [2.05, 4.69) is 37.8 Å². The molecule has 0 aliphatic carbocycles. The number of hydrogen-bond acceptors (Lipinski definition) is 8. The number of esters is 1. The third-order valence-corrected chi connectivity index (χ3v) is 7.25. The quantitative estimate of drug-likeness (QED) is 0.208. The summed E-state index contributed by atoms with van der Waals surface area (Å²) in [6, 6.07) is 15.9. The number of unbranched alkanes of at least 4 members (excludes halogenated alkanes) is 1. The Kier molecular flexibility index (Phi) is 9.28. The van der Waals surface area contributed by atoms with Crippen LogP contribution in [0, 0.1) is 0 Å². The molecule has 0 fully saturated rings. The van der Waals surface area contributed by atoms with Crippen LogP contribution in [-0.2, 0) is 32.8 Å². The number of carbonyl (C=O) groups is 2. The van der Waals surface area contributed by atoms with Crippen LogP contribution in [-0.4, -0.2) is 56.2 Å². The van der Waals surface area contributed by atoms with E-state index < -0.39 is 17.4 Å². The van der Waals surface area contributed by atoms with Gasteiger partial charge in [-0.1, -0.05) is 73.5 Å². The highest BCUT2D eigenvalue weighted by molar-refractivity contribution is 6.30. The van der Waals surface area contributed by atoms with Gasteiger partial charge in [-0.15, -0.1) is 10.2 Å². The van der Waals surface area contributed by atoms with Gasteiger partial charge in [-0.2, -0.15) is 5.21 Å². The number of nitrogens with two attached hydrogens (primary N) is 1. The summed E-state index contributed by atoms with van der Waals surface area (Å²) in [6.45, 7) is 2.50. The first-order valence-electron chi connectivity index (χ1n) is 13.1. The van der Waals surface area contributed by atoms with Crippen molar-refractivity contribution in [2.24, 2.45) is 5.73 Å². The Morgan fingerprint density at radius 2 is 1.88 bits per heavy atom. The maximum Gasteiger partial charge on any atom is 0.332 e. The minimum atomic E-state index is -1.41. The fourth-order valence-corrected chi connectivity index (χ4v) is 5.26. The van der Waals surface area contributed by atoms with Gasteiger partial charge in [-0.05, 0) is 41.8 Å². The van der Waals surface area contributed by atoms with E-state index in [9.17, 15) is 9.59 Å². The van der Waals surface area contributed by atoms with Crippen LogP contribution in [0.4, 0.5) is 0 Å². The molecular weight excluding hydrogens is 532 g/mol. The molecule has 12 heteroatoms. The maximum atomic E-state index is 13.2. The number of halogens is 1. The molecule has 4 aromatic rings. The summed E-state index contributed by atoms with van der Waals surface area (Å²) in [4.78, 5) is 29.6. The molecule has 0 unspecified atom stereocenters. The van der Waals surface area contributed by atoms with Gasteiger partial charge < -0.3 is 15.0 Å². The first-order chi connectivity index (χ1) is 19.3. The smallest absolute Gasteiger partial charge is 0.332 e. The Hall–Kier alpha value is -4.09. The molecular formula is C28H33ClN8O3. The maximum absolute atomic E-state index is 13.2. The summed E-state index contributed by atoms with van der Waals surface area (Å²) in [5.74, 6) is 0.152. The molecule has 1 atom stereocenters. The highest BCUT2D eigenvalue weighted by atomic mass is 35.5. The Labute approximate surface area is 237 Å². The molecule has 0 bridgehead atoms. The van der Waals surface area contributed by atoms with Crippen molar-refractivity contribution in [1.29, 1.82) is 0 Å². The van der Waals surface area contributed by atoms with Gasteiger partial charge in [0.25, 0.3) is 0 Å². The molecule has 2 aromatic heterocycles. The summed E-state index contributed by atoms with van der Waals surface area (Å²) in [5, 5.41) is 17.7. The molecule has 4 rings (SSSR count). The van der Waals surface area contributed by atoms with Crippen molar-refractivity contribution in [3.05, 3.63) is 70.8 Å². The van der Waals surface area contributed by atoms with Gasteiger partial charge in [0.1, 0.15) is 5.82 Å². The molecule has 0 saturated carbocycles. The second-order valence-corrected chi connectivity index (χ2v) is 9.81. The van der Waals surface area contributed by atoms with Crippen LogP contribution in [0.3, 0.4) is 0 Å². The number of amides is 1. The lowest BCUT2D eigenvalue weighted by Crippen LogP contribution is -2.50. The third-order valence-electron chi connectivity index (χ3n) is 6.99. The second-order valence-electron chi connectivity index (χ2n) is 9.45. The molecule has 0 radical (unpaired) electrons. The predicted molar refractivity (Wildman–Crippen MR) is 151 cm³/mol. The van der Waals surface area contributed by atoms with E-state index in [4.69, 9.17) is 22.1 Å². The fraction of sp³-hybridized carbons (Fsp3) is 0.357. The van der Waals surface area contributed by atoms with Crippen LogP contribution in [0.15, 0.2) is 48.5 Å². The molecule has 2 heterocycles. The zero-order chi connectivity index (χ0) is 28.7. The van der Waals surface area contributed by atoms with Crippen molar-refractivity contribution in [2.75, 3.05) is 14.2 Å². The fourth-order valence-electron chi connectivity index (χ4n) is 4.90. The molecule has 0 saturated heterocycles. The van der Waals surface area contributed by atoms with Gasteiger partial charge in [0.2, 0.25) is 11.7 Å². The number of primary amides is 1. The number of benzene rings is 2. The predicted octanol–water partition coefficient (Wildman–Crippen LogP) is 3.63. The summed E-state index contributed by atoms with van der Waals surface area (Å²) in [7, 11) is 2.93. The number of H-pyrrole nitrogens is 1. The van der Waals surface area contributed by atoms with E-state index in [-0.39, 0.29) is 18.0 Å². The van der Waals surface area contributed by atoms with E-state index in [1.54, 1.807) is 7.05 Å². The molecule has 0 aliphatic heterocycles. The number of hydrogen-bond donors (Lipinski definition) is 3. The molecule has 4 N–H and O–H groups in total. The molecule has 11 nitrogen and oxygen atoms in total. The van der Waals surface area contributed by atoms with Gasteiger partial charge in [-0.3, -0.25) is 10.1 Å². The van der Waals surface area contributed by atoms with Gasteiger partial charge in [0, 0.05) is 24.9 Å². The summed E-state index contributed by atoms with van der Waals surface area (Å²) in [6.07, 6.45) is 2.55. The molecule has 210 valence electrons. The van der Waals surface area contributed by atoms with Crippen LogP contribution in [0.2, 0.25) is 5.15 Å². The number of carbonyl (C=O) groups excluding carboxylic acids is 2. The normalized spacial score (nSPS) is 12.7. The summed E-state index contributed by atoms with van der Waals surface area (Å²) >= 11 is 6.73. The van der Waals surface area contributed by atoms with Crippen LogP contribution in [0.1, 0.15) is 49.7 Å². The lowest BCUT2D eigenvalue weighted by atomic mass is 9.89. The van der Waals surface area contributed by atoms with Crippen molar-refractivity contribution in [2.45, 2.75) is 51.1 Å². The monoisotopic (exact) mass is 564 g/mol. The van der Waals surface area contributed by atoms with Gasteiger partial charge in [0.05, 0.1) is 12.8 Å². The van der Waals surface area contributed by atoms with Crippen molar-refractivity contribution >= 4 is 23.5 Å². The number of rotatable bonds is 13. The Morgan fingerprint density at radius 1 is 1.15 bits per heavy atom.